The topological polar surface area (TPSA) is 41.1 Å². The summed E-state index contributed by atoms with van der Waals surface area (Å²) in [4.78, 5) is 11.8. The SMILES string of the molecule is O=C(NCCCCCCNC1CCCC1)C1CCCC1. The van der Waals surface area contributed by atoms with Gasteiger partial charge in [0.05, 0.1) is 0 Å². The van der Waals surface area contributed by atoms with Crippen molar-refractivity contribution in [2.45, 2.75) is 83.1 Å². The fourth-order valence-corrected chi connectivity index (χ4v) is 3.58. The van der Waals surface area contributed by atoms with Gasteiger partial charge in [-0.3, -0.25) is 4.79 Å². The molecule has 0 unspecified atom stereocenters. The smallest absolute Gasteiger partial charge is 0.223 e. The molecule has 116 valence electrons. The second-order valence-corrected chi connectivity index (χ2v) is 6.62. The maximum atomic E-state index is 11.8. The van der Waals surface area contributed by atoms with Crippen LogP contribution in [0, 0.1) is 5.92 Å². The van der Waals surface area contributed by atoms with Crippen LogP contribution in [0.5, 0.6) is 0 Å². The molecule has 0 aliphatic heterocycles. The maximum Gasteiger partial charge on any atom is 0.223 e. The van der Waals surface area contributed by atoms with Crippen molar-refractivity contribution in [1.29, 1.82) is 0 Å². The second-order valence-electron chi connectivity index (χ2n) is 6.62. The summed E-state index contributed by atoms with van der Waals surface area (Å²) in [5, 5.41) is 6.76. The number of hydrogen-bond acceptors (Lipinski definition) is 2. The average molecular weight is 280 g/mol. The number of nitrogens with one attached hydrogen (secondary N) is 2. The zero-order valence-electron chi connectivity index (χ0n) is 13.0. The van der Waals surface area contributed by atoms with E-state index in [0.29, 0.717) is 11.8 Å². The molecule has 0 saturated heterocycles. The Labute approximate surface area is 124 Å². The molecule has 0 radical (unpaired) electrons. The molecule has 0 aromatic carbocycles. The molecule has 2 N–H and O–H groups in total. The first-order valence-electron chi connectivity index (χ1n) is 8.87. The molecule has 3 nitrogen and oxygen atoms in total. The summed E-state index contributed by atoms with van der Waals surface area (Å²) in [6.07, 6.45) is 15.3. The Morgan fingerprint density at radius 1 is 0.800 bits per heavy atom. The highest BCUT2D eigenvalue weighted by molar-refractivity contribution is 5.78. The minimum Gasteiger partial charge on any atom is -0.356 e. The molecular formula is C17H32N2O. The summed E-state index contributed by atoms with van der Waals surface area (Å²) in [5.74, 6) is 0.635. The van der Waals surface area contributed by atoms with Crippen molar-refractivity contribution >= 4 is 5.91 Å². The van der Waals surface area contributed by atoms with E-state index in [9.17, 15) is 4.79 Å². The van der Waals surface area contributed by atoms with Gasteiger partial charge in [0.2, 0.25) is 5.91 Å². The van der Waals surface area contributed by atoms with Gasteiger partial charge in [-0.1, -0.05) is 38.5 Å². The van der Waals surface area contributed by atoms with E-state index in [2.05, 4.69) is 10.6 Å². The number of carbonyl (C=O) groups is 1. The first kappa shape index (κ1) is 15.8. The van der Waals surface area contributed by atoms with E-state index < -0.39 is 0 Å². The summed E-state index contributed by atoms with van der Waals surface area (Å²) >= 11 is 0. The highest BCUT2D eigenvalue weighted by Gasteiger charge is 2.21. The molecule has 3 heteroatoms. The van der Waals surface area contributed by atoms with E-state index in [1.165, 1.54) is 64.3 Å². The van der Waals surface area contributed by atoms with Crippen molar-refractivity contribution in [3.63, 3.8) is 0 Å². The molecule has 2 rings (SSSR count). The third kappa shape index (κ3) is 5.82. The predicted molar refractivity (Wildman–Crippen MR) is 83.7 cm³/mol. The van der Waals surface area contributed by atoms with Crippen molar-refractivity contribution < 1.29 is 4.79 Å². The van der Waals surface area contributed by atoms with E-state index in [1.807, 2.05) is 0 Å². The lowest BCUT2D eigenvalue weighted by molar-refractivity contribution is -0.124. The normalized spacial score (nSPS) is 20.6. The molecule has 0 aromatic rings. The standard InChI is InChI=1S/C17H32N2O/c20-17(15-9-3-4-10-15)19-14-8-2-1-7-13-18-16-11-5-6-12-16/h15-16,18H,1-14H2,(H,19,20). The van der Waals surface area contributed by atoms with Crippen LogP contribution in [0.4, 0.5) is 0 Å². The Hall–Kier alpha value is -0.570. The van der Waals surface area contributed by atoms with Crippen molar-refractivity contribution in [3.05, 3.63) is 0 Å². The number of carbonyl (C=O) groups excluding carboxylic acids is 1. The van der Waals surface area contributed by atoms with Crippen LogP contribution in [-0.4, -0.2) is 25.0 Å². The summed E-state index contributed by atoms with van der Waals surface area (Å²) in [6, 6.07) is 0.806. The first-order chi connectivity index (χ1) is 9.86. The largest absolute Gasteiger partial charge is 0.356 e. The highest BCUT2D eigenvalue weighted by atomic mass is 16.1. The zero-order chi connectivity index (χ0) is 14.0. The number of hydrogen-bond donors (Lipinski definition) is 2. The van der Waals surface area contributed by atoms with Crippen LogP contribution in [0.2, 0.25) is 0 Å². The van der Waals surface area contributed by atoms with E-state index >= 15 is 0 Å². The Balaban J connectivity index is 1.35. The third-order valence-electron chi connectivity index (χ3n) is 4.92. The first-order valence-corrected chi connectivity index (χ1v) is 8.87. The molecular weight excluding hydrogens is 248 g/mol. The summed E-state index contributed by atoms with van der Waals surface area (Å²) in [7, 11) is 0. The Bertz CT molecular complexity index is 268. The fourth-order valence-electron chi connectivity index (χ4n) is 3.58. The number of amides is 1. The van der Waals surface area contributed by atoms with Crippen LogP contribution in [0.15, 0.2) is 0 Å². The van der Waals surface area contributed by atoms with Crippen molar-refractivity contribution in [2.75, 3.05) is 13.1 Å². The number of unbranched alkanes of at least 4 members (excludes halogenated alkanes) is 3. The molecule has 0 spiro atoms. The lowest BCUT2D eigenvalue weighted by atomic mass is 10.1. The summed E-state index contributed by atoms with van der Waals surface area (Å²) in [6.45, 7) is 2.06. The fraction of sp³-hybridized carbons (Fsp3) is 0.941. The minimum atomic E-state index is 0.311. The maximum absolute atomic E-state index is 11.8. The van der Waals surface area contributed by atoms with Crippen molar-refractivity contribution in [3.8, 4) is 0 Å². The van der Waals surface area contributed by atoms with Gasteiger partial charge in [-0.15, -0.1) is 0 Å². The van der Waals surface area contributed by atoms with Gasteiger partial charge in [-0.05, 0) is 45.1 Å². The van der Waals surface area contributed by atoms with Gasteiger partial charge >= 0.3 is 0 Å². The Morgan fingerprint density at radius 2 is 1.40 bits per heavy atom. The van der Waals surface area contributed by atoms with E-state index in [4.69, 9.17) is 0 Å². The molecule has 0 heterocycles. The van der Waals surface area contributed by atoms with Crippen LogP contribution in [0.25, 0.3) is 0 Å². The Morgan fingerprint density at radius 3 is 2.10 bits per heavy atom. The highest BCUT2D eigenvalue weighted by Crippen LogP contribution is 2.24. The van der Waals surface area contributed by atoms with Gasteiger partial charge in [-0.2, -0.15) is 0 Å². The quantitative estimate of drug-likeness (QED) is 0.636. The van der Waals surface area contributed by atoms with E-state index in [1.54, 1.807) is 0 Å². The van der Waals surface area contributed by atoms with Gasteiger partial charge in [0, 0.05) is 18.5 Å². The van der Waals surface area contributed by atoms with Crippen LogP contribution < -0.4 is 10.6 Å². The van der Waals surface area contributed by atoms with Gasteiger partial charge in [0.1, 0.15) is 0 Å². The lowest BCUT2D eigenvalue weighted by Crippen LogP contribution is -2.30. The van der Waals surface area contributed by atoms with Crippen LogP contribution in [0.1, 0.15) is 77.0 Å². The molecule has 2 aliphatic carbocycles. The molecule has 2 fully saturated rings. The molecule has 0 aromatic heterocycles. The molecule has 0 bridgehead atoms. The van der Waals surface area contributed by atoms with Crippen LogP contribution in [0.3, 0.4) is 0 Å². The van der Waals surface area contributed by atoms with E-state index in [0.717, 1.165) is 31.8 Å². The Kier molecular flexibility index (Phi) is 7.42. The molecule has 20 heavy (non-hydrogen) atoms. The van der Waals surface area contributed by atoms with E-state index in [-0.39, 0.29) is 0 Å². The van der Waals surface area contributed by atoms with Crippen molar-refractivity contribution in [2.24, 2.45) is 5.92 Å². The predicted octanol–water partition coefficient (Wildman–Crippen LogP) is 3.39. The number of rotatable bonds is 9. The van der Waals surface area contributed by atoms with Gasteiger partial charge in [0.25, 0.3) is 0 Å². The summed E-state index contributed by atoms with van der Waals surface area (Å²) < 4.78 is 0. The minimum absolute atomic E-state index is 0.311. The molecule has 1 amide bonds. The van der Waals surface area contributed by atoms with Crippen molar-refractivity contribution in [1.82, 2.24) is 10.6 Å². The second kappa shape index (κ2) is 9.38. The van der Waals surface area contributed by atoms with Gasteiger partial charge in [0.15, 0.2) is 0 Å². The molecule has 0 atom stereocenters. The van der Waals surface area contributed by atoms with Crippen LogP contribution in [-0.2, 0) is 4.79 Å². The van der Waals surface area contributed by atoms with Crippen LogP contribution >= 0.6 is 0 Å². The molecule has 2 aliphatic rings. The monoisotopic (exact) mass is 280 g/mol. The zero-order valence-corrected chi connectivity index (χ0v) is 13.0. The van der Waals surface area contributed by atoms with Gasteiger partial charge in [-0.25, -0.2) is 0 Å². The summed E-state index contributed by atoms with van der Waals surface area (Å²) in [5.41, 5.74) is 0. The average Bonchev–Trinajstić information content (AvgIpc) is 3.13. The third-order valence-corrected chi connectivity index (χ3v) is 4.92. The molecule has 2 saturated carbocycles. The van der Waals surface area contributed by atoms with Gasteiger partial charge < -0.3 is 10.6 Å². The lowest BCUT2D eigenvalue weighted by Gasteiger charge is -2.12.